The average molecular weight is 740 g/mol. The van der Waals surface area contributed by atoms with Crippen molar-refractivity contribution in [2.75, 3.05) is 0 Å². The third-order valence-corrected chi connectivity index (χ3v) is 12.5. The second-order valence-electron chi connectivity index (χ2n) is 14.7. The molecule has 11 rings (SSSR count). The van der Waals surface area contributed by atoms with Gasteiger partial charge < -0.3 is 9.73 Å². The first kappa shape index (κ1) is 32.9. The number of nitrogens with one attached hydrogen (secondary N) is 2. The van der Waals surface area contributed by atoms with Gasteiger partial charge in [-0.3, -0.25) is 5.32 Å². The minimum Gasteiger partial charge on any atom is -0.455 e. The van der Waals surface area contributed by atoms with Crippen molar-refractivity contribution in [3.05, 3.63) is 199 Å². The summed E-state index contributed by atoms with van der Waals surface area (Å²) < 4.78 is 9.45. The highest BCUT2D eigenvalue weighted by molar-refractivity contribution is 7.26. The van der Waals surface area contributed by atoms with Crippen LogP contribution in [-0.4, -0.2) is 12.0 Å². The molecule has 2 aliphatic rings. The van der Waals surface area contributed by atoms with Crippen molar-refractivity contribution in [3.8, 4) is 22.3 Å². The van der Waals surface area contributed by atoms with Crippen LogP contribution in [-0.2, 0) is 0 Å². The molecule has 4 nitrogen and oxygen atoms in total. The smallest absolute Gasteiger partial charge is 0.143 e. The Balaban J connectivity index is 1.01. The van der Waals surface area contributed by atoms with E-state index in [1.807, 2.05) is 11.3 Å². The Hall–Kier alpha value is -6.53. The van der Waals surface area contributed by atoms with Crippen LogP contribution in [0.4, 0.5) is 0 Å². The van der Waals surface area contributed by atoms with Crippen LogP contribution in [0.5, 0.6) is 0 Å². The van der Waals surface area contributed by atoms with Crippen LogP contribution in [0.25, 0.3) is 69.9 Å². The fourth-order valence-corrected chi connectivity index (χ4v) is 9.92. The van der Waals surface area contributed by atoms with E-state index in [0.29, 0.717) is 0 Å². The maximum Gasteiger partial charge on any atom is 0.143 e. The van der Waals surface area contributed by atoms with Gasteiger partial charge in [-0.1, -0.05) is 170 Å². The zero-order valence-electron chi connectivity index (χ0n) is 30.5. The lowest BCUT2D eigenvalue weighted by molar-refractivity contribution is 0.340. The van der Waals surface area contributed by atoms with E-state index in [9.17, 15) is 0 Å². The van der Waals surface area contributed by atoms with Gasteiger partial charge in [0.05, 0.1) is 0 Å². The first-order valence-electron chi connectivity index (χ1n) is 19.3. The van der Waals surface area contributed by atoms with Crippen molar-refractivity contribution in [3.63, 3.8) is 0 Å². The fraction of sp³-hybridized carbons (Fsp3) is 0.0784. The lowest BCUT2D eigenvalue weighted by Gasteiger charge is -2.35. The maximum atomic E-state index is 6.89. The van der Waals surface area contributed by atoms with Gasteiger partial charge >= 0.3 is 0 Å². The monoisotopic (exact) mass is 739 g/mol. The second kappa shape index (κ2) is 13.6. The highest BCUT2D eigenvalue weighted by atomic mass is 32.1. The molecule has 7 aromatic carbocycles. The van der Waals surface area contributed by atoms with Crippen LogP contribution >= 0.6 is 11.3 Å². The summed E-state index contributed by atoms with van der Waals surface area (Å²) in [7, 11) is 0. The summed E-state index contributed by atoms with van der Waals surface area (Å²) >= 11 is 1.86. The molecule has 0 spiro atoms. The fourth-order valence-electron chi connectivity index (χ4n) is 8.67. The van der Waals surface area contributed by atoms with E-state index in [4.69, 9.17) is 9.41 Å². The molecule has 56 heavy (non-hydrogen) atoms. The Morgan fingerprint density at radius 1 is 0.589 bits per heavy atom. The van der Waals surface area contributed by atoms with Crippen LogP contribution in [0.1, 0.15) is 29.3 Å². The first-order chi connectivity index (χ1) is 27.8. The molecule has 9 aromatic rings. The summed E-state index contributed by atoms with van der Waals surface area (Å²) in [4.78, 5) is 5.30. The van der Waals surface area contributed by atoms with E-state index in [1.54, 1.807) is 0 Å². The number of amidine groups is 1. The quantitative estimate of drug-likeness (QED) is 0.179. The molecule has 0 radical (unpaired) electrons. The number of furan rings is 1. The maximum absolute atomic E-state index is 6.89. The molecule has 3 atom stereocenters. The molecule has 5 heteroatoms. The van der Waals surface area contributed by atoms with Crippen molar-refractivity contribution in [1.29, 1.82) is 0 Å². The van der Waals surface area contributed by atoms with Gasteiger partial charge in [0.2, 0.25) is 0 Å². The molecule has 0 saturated carbocycles. The number of hydrogen-bond acceptors (Lipinski definition) is 5. The Morgan fingerprint density at radius 3 is 2.04 bits per heavy atom. The van der Waals surface area contributed by atoms with Gasteiger partial charge in [-0.25, -0.2) is 4.99 Å². The van der Waals surface area contributed by atoms with Gasteiger partial charge in [-0.2, -0.15) is 0 Å². The molecule has 0 amide bonds. The van der Waals surface area contributed by atoms with Crippen LogP contribution in [0, 0.1) is 5.92 Å². The molecule has 0 saturated heterocycles. The number of thiophene rings is 1. The molecule has 0 fully saturated rings. The van der Waals surface area contributed by atoms with E-state index < -0.39 is 0 Å². The molecule has 2 N–H and O–H groups in total. The van der Waals surface area contributed by atoms with E-state index in [0.717, 1.165) is 50.9 Å². The predicted molar refractivity (Wildman–Crippen MR) is 235 cm³/mol. The lowest BCUT2D eigenvalue weighted by Crippen LogP contribution is -2.50. The molecular weight excluding hydrogens is 703 g/mol. The van der Waals surface area contributed by atoms with Crippen LogP contribution in [0.15, 0.2) is 191 Å². The van der Waals surface area contributed by atoms with Gasteiger partial charge in [0.15, 0.2) is 0 Å². The van der Waals surface area contributed by atoms with Crippen molar-refractivity contribution < 1.29 is 4.42 Å². The number of para-hydroxylation sites is 1. The topological polar surface area (TPSA) is 49.6 Å². The highest BCUT2D eigenvalue weighted by Gasteiger charge is 2.31. The van der Waals surface area contributed by atoms with Crippen molar-refractivity contribution >= 4 is 64.9 Å². The number of benzene rings is 7. The molecule has 1 aliphatic carbocycles. The summed E-state index contributed by atoms with van der Waals surface area (Å²) in [6.45, 7) is 0. The molecule has 2 aromatic heterocycles. The van der Waals surface area contributed by atoms with Gasteiger partial charge in [-0.05, 0) is 40.8 Å². The SMILES string of the molecule is C1=CC(C2N=C(c3ccccc3)NC(c3cccc4oc5c(-c6cccc7c6sc6cccc(-c8ccccc8)c67)cccc5c34)N2)CC=C1c1ccccc1. The Bertz CT molecular complexity index is 3010. The number of nitrogens with zero attached hydrogens (tertiary/aromatic N) is 1. The lowest BCUT2D eigenvalue weighted by atomic mass is 9.90. The summed E-state index contributed by atoms with van der Waals surface area (Å²) in [6.07, 6.45) is 7.50. The number of hydrogen-bond donors (Lipinski definition) is 2. The zero-order chi connectivity index (χ0) is 37.0. The minimum absolute atomic E-state index is 0.128. The zero-order valence-corrected chi connectivity index (χ0v) is 31.3. The van der Waals surface area contributed by atoms with E-state index >= 15 is 0 Å². The molecule has 1 aliphatic heterocycles. The summed E-state index contributed by atoms with van der Waals surface area (Å²) in [5.41, 5.74) is 11.3. The van der Waals surface area contributed by atoms with Crippen molar-refractivity contribution in [2.45, 2.75) is 18.8 Å². The number of fused-ring (bicyclic) bond motifs is 6. The Kier molecular flexibility index (Phi) is 8.01. The van der Waals surface area contributed by atoms with Crippen LogP contribution < -0.4 is 10.6 Å². The third-order valence-electron chi connectivity index (χ3n) is 11.3. The van der Waals surface area contributed by atoms with Gasteiger partial charge in [0.1, 0.15) is 29.3 Å². The normalized spacial score (nSPS) is 18.3. The van der Waals surface area contributed by atoms with Gasteiger partial charge in [-0.15, -0.1) is 11.3 Å². The summed E-state index contributed by atoms with van der Waals surface area (Å²) in [6, 6.07) is 58.2. The van der Waals surface area contributed by atoms with E-state index in [1.165, 1.54) is 48.0 Å². The second-order valence-corrected chi connectivity index (χ2v) is 15.7. The Morgan fingerprint density at radius 2 is 1.27 bits per heavy atom. The highest BCUT2D eigenvalue weighted by Crippen LogP contribution is 2.46. The average Bonchev–Trinajstić information content (AvgIpc) is 3.86. The summed E-state index contributed by atoms with van der Waals surface area (Å²) in [5, 5.41) is 12.5. The van der Waals surface area contributed by atoms with Crippen LogP contribution in [0.2, 0.25) is 0 Å². The minimum atomic E-state index is -0.198. The number of aliphatic imine (C=N–C) groups is 1. The van der Waals surface area contributed by atoms with Gasteiger partial charge in [0.25, 0.3) is 0 Å². The molecular formula is C51H37N3OS. The molecule has 3 unspecified atom stereocenters. The molecule has 3 heterocycles. The Labute approximate surface area is 329 Å². The largest absolute Gasteiger partial charge is 0.455 e. The molecule has 0 bridgehead atoms. The number of allylic oxidation sites excluding steroid dienone is 3. The van der Waals surface area contributed by atoms with Crippen LogP contribution in [0.3, 0.4) is 0 Å². The van der Waals surface area contributed by atoms with E-state index in [2.05, 4.69) is 193 Å². The predicted octanol–water partition coefficient (Wildman–Crippen LogP) is 12.9. The third kappa shape index (κ3) is 5.59. The summed E-state index contributed by atoms with van der Waals surface area (Å²) in [5.74, 6) is 1.09. The first-order valence-corrected chi connectivity index (χ1v) is 20.1. The van der Waals surface area contributed by atoms with Crippen molar-refractivity contribution in [1.82, 2.24) is 10.6 Å². The van der Waals surface area contributed by atoms with Crippen molar-refractivity contribution in [2.24, 2.45) is 10.9 Å². The molecule has 268 valence electrons. The van der Waals surface area contributed by atoms with Gasteiger partial charge in [0, 0.05) is 59.1 Å². The van der Waals surface area contributed by atoms with E-state index in [-0.39, 0.29) is 18.2 Å². The standard InChI is InChI=1S/C51H37N3OS/c1-4-14-32(15-5-1)33-28-30-36(31-29-33)50-52-49(35-18-8-3-9-19-35)53-51(54-50)42-25-12-26-43-45(42)40-23-10-21-38(47(40)55-43)39-22-11-24-41-46-37(34-16-6-2-7-17-34)20-13-27-44(46)56-48(39)41/h1-30,36,50-51,54H,31H2,(H,52,53). The number of rotatable bonds is 6.